The van der Waals surface area contributed by atoms with Crippen LogP contribution in [0, 0.1) is 6.92 Å². The van der Waals surface area contributed by atoms with Crippen LogP contribution in [0.4, 0.5) is 0 Å². The summed E-state index contributed by atoms with van der Waals surface area (Å²) in [6.45, 7) is 6.62. The molecule has 0 spiro atoms. The molecule has 2 aromatic carbocycles. The van der Waals surface area contributed by atoms with Crippen molar-refractivity contribution in [3.05, 3.63) is 71.3 Å². The molecule has 2 aromatic rings. The molecule has 0 radical (unpaired) electrons. The van der Waals surface area contributed by atoms with Crippen LogP contribution in [0.25, 0.3) is 0 Å². The molecule has 0 amide bonds. The van der Waals surface area contributed by atoms with Gasteiger partial charge in [-0.2, -0.15) is 0 Å². The molecule has 0 bridgehead atoms. The molecule has 0 aliphatic rings. The summed E-state index contributed by atoms with van der Waals surface area (Å²) in [6.07, 6.45) is 0.525. The molecular weight excluding hydrogens is 258 g/mol. The van der Waals surface area contributed by atoms with Crippen molar-refractivity contribution in [1.29, 1.82) is 0 Å². The van der Waals surface area contributed by atoms with Gasteiger partial charge in [0.15, 0.2) is 0 Å². The molecule has 0 heterocycles. The quantitative estimate of drug-likeness (QED) is 0.836. The minimum absolute atomic E-state index is 0.266. The number of aliphatic hydroxyl groups excluding tert-OH is 1. The molecule has 112 valence electrons. The standard InChI is InChI=1S/C19H25NO/c1-3-19(21)15-20(13-17-10-5-4-6-11-17)14-18-12-8-7-9-16(18)2/h4-12,19,21H,3,13-15H2,1-2H3/t19-/m0/s1. The third-order valence-electron chi connectivity index (χ3n) is 3.84. The molecule has 1 N–H and O–H groups in total. The molecule has 0 saturated carbocycles. The molecule has 0 unspecified atom stereocenters. The Hall–Kier alpha value is -1.64. The minimum atomic E-state index is -0.266. The average molecular weight is 283 g/mol. The normalized spacial score (nSPS) is 12.6. The third kappa shape index (κ3) is 5.00. The van der Waals surface area contributed by atoms with Crippen molar-refractivity contribution in [2.75, 3.05) is 6.54 Å². The molecule has 0 fully saturated rings. The highest BCUT2D eigenvalue weighted by molar-refractivity contribution is 5.25. The van der Waals surface area contributed by atoms with Gasteiger partial charge in [0.1, 0.15) is 0 Å². The van der Waals surface area contributed by atoms with Gasteiger partial charge in [-0.1, -0.05) is 61.5 Å². The number of benzene rings is 2. The monoisotopic (exact) mass is 283 g/mol. The van der Waals surface area contributed by atoms with E-state index in [0.717, 1.165) is 19.5 Å². The second-order valence-corrected chi connectivity index (χ2v) is 5.64. The summed E-state index contributed by atoms with van der Waals surface area (Å²) in [4.78, 5) is 2.33. The fourth-order valence-corrected chi connectivity index (χ4v) is 2.48. The Morgan fingerprint density at radius 3 is 2.29 bits per heavy atom. The zero-order valence-corrected chi connectivity index (χ0v) is 13.0. The van der Waals surface area contributed by atoms with Crippen LogP contribution < -0.4 is 0 Å². The summed E-state index contributed by atoms with van der Waals surface area (Å²) in [5.74, 6) is 0. The van der Waals surface area contributed by atoms with Crippen LogP contribution in [0.5, 0.6) is 0 Å². The predicted molar refractivity (Wildman–Crippen MR) is 88.0 cm³/mol. The van der Waals surface area contributed by atoms with Crippen LogP contribution >= 0.6 is 0 Å². The Kier molecular flexibility index (Phi) is 5.97. The molecule has 0 aromatic heterocycles. The van der Waals surface area contributed by atoms with Gasteiger partial charge in [0.05, 0.1) is 6.10 Å². The maximum absolute atomic E-state index is 10.0. The molecule has 1 atom stereocenters. The van der Waals surface area contributed by atoms with Gasteiger partial charge in [0.2, 0.25) is 0 Å². The van der Waals surface area contributed by atoms with Gasteiger partial charge < -0.3 is 5.11 Å². The van der Waals surface area contributed by atoms with Crippen LogP contribution in [0.1, 0.15) is 30.0 Å². The first-order valence-electron chi connectivity index (χ1n) is 7.68. The van der Waals surface area contributed by atoms with Crippen LogP contribution in [-0.4, -0.2) is 22.7 Å². The molecular formula is C19H25NO. The smallest absolute Gasteiger partial charge is 0.0664 e. The van der Waals surface area contributed by atoms with E-state index in [0.29, 0.717) is 6.54 Å². The molecule has 0 aliphatic heterocycles. The van der Waals surface area contributed by atoms with Crippen molar-refractivity contribution in [2.24, 2.45) is 0 Å². The number of hydrogen-bond acceptors (Lipinski definition) is 2. The van der Waals surface area contributed by atoms with Crippen molar-refractivity contribution >= 4 is 0 Å². The summed E-state index contributed by atoms with van der Waals surface area (Å²) in [5.41, 5.74) is 3.92. The minimum Gasteiger partial charge on any atom is -0.392 e. The van der Waals surface area contributed by atoms with E-state index in [2.05, 4.69) is 60.4 Å². The highest BCUT2D eigenvalue weighted by atomic mass is 16.3. The number of nitrogens with zero attached hydrogens (tertiary/aromatic N) is 1. The van der Waals surface area contributed by atoms with E-state index in [-0.39, 0.29) is 6.10 Å². The molecule has 2 nitrogen and oxygen atoms in total. The lowest BCUT2D eigenvalue weighted by Gasteiger charge is -2.25. The summed E-state index contributed by atoms with van der Waals surface area (Å²) < 4.78 is 0. The molecule has 0 aliphatic carbocycles. The van der Waals surface area contributed by atoms with Gasteiger partial charge in [0.25, 0.3) is 0 Å². The van der Waals surface area contributed by atoms with Crippen molar-refractivity contribution in [3.63, 3.8) is 0 Å². The van der Waals surface area contributed by atoms with Crippen LogP contribution in [0.15, 0.2) is 54.6 Å². The van der Waals surface area contributed by atoms with Gasteiger partial charge in [-0.15, -0.1) is 0 Å². The first kappa shape index (κ1) is 15.7. The lowest BCUT2D eigenvalue weighted by molar-refractivity contribution is 0.101. The van der Waals surface area contributed by atoms with E-state index < -0.39 is 0 Å². The van der Waals surface area contributed by atoms with E-state index >= 15 is 0 Å². The molecule has 0 saturated heterocycles. The van der Waals surface area contributed by atoms with Gasteiger partial charge in [-0.05, 0) is 30.0 Å². The summed E-state index contributed by atoms with van der Waals surface area (Å²) in [5, 5.41) is 10.0. The predicted octanol–water partition coefficient (Wildman–Crippen LogP) is 3.77. The maximum atomic E-state index is 10.0. The summed E-state index contributed by atoms with van der Waals surface area (Å²) >= 11 is 0. The fourth-order valence-electron chi connectivity index (χ4n) is 2.48. The maximum Gasteiger partial charge on any atom is 0.0664 e. The van der Waals surface area contributed by atoms with E-state index in [1.807, 2.05) is 13.0 Å². The Bertz CT molecular complexity index is 538. The number of hydrogen-bond donors (Lipinski definition) is 1. The van der Waals surface area contributed by atoms with E-state index in [1.165, 1.54) is 16.7 Å². The first-order valence-corrected chi connectivity index (χ1v) is 7.68. The Labute approximate surface area is 128 Å². The van der Waals surface area contributed by atoms with Crippen molar-refractivity contribution in [1.82, 2.24) is 4.90 Å². The third-order valence-corrected chi connectivity index (χ3v) is 3.84. The molecule has 21 heavy (non-hydrogen) atoms. The highest BCUT2D eigenvalue weighted by Gasteiger charge is 2.12. The SMILES string of the molecule is CC[C@H](O)CN(Cc1ccccc1)Cc1ccccc1C. The first-order chi connectivity index (χ1) is 10.2. The number of rotatable bonds is 7. The van der Waals surface area contributed by atoms with Gasteiger partial charge in [-0.3, -0.25) is 4.90 Å². The topological polar surface area (TPSA) is 23.5 Å². The van der Waals surface area contributed by atoms with Crippen molar-refractivity contribution in [3.8, 4) is 0 Å². The zero-order chi connectivity index (χ0) is 15.1. The Morgan fingerprint density at radius 1 is 0.952 bits per heavy atom. The second kappa shape index (κ2) is 7.96. The largest absolute Gasteiger partial charge is 0.392 e. The number of aryl methyl sites for hydroxylation is 1. The lowest BCUT2D eigenvalue weighted by atomic mass is 10.1. The van der Waals surface area contributed by atoms with E-state index in [9.17, 15) is 5.11 Å². The van der Waals surface area contributed by atoms with Crippen molar-refractivity contribution in [2.45, 2.75) is 39.5 Å². The van der Waals surface area contributed by atoms with Gasteiger partial charge in [0, 0.05) is 19.6 Å². The average Bonchev–Trinajstić information content (AvgIpc) is 2.50. The Morgan fingerprint density at radius 2 is 1.62 bits per heavy atom. The van der Waals surface area contributed by atoms with Gasteiger partial charge in [-0.25, -0.2) is 0 Å². The Balaban J connectivity index is 2.10. The van der Waals surface area contributed by atoms with E-state index in [4.69, 9.17) is 0 Å². The van der Waals surface area contributed by atoms with Crippen LogP contribution in [0.2, 0.25) is 0 Å². The lowest BCUT2D eigenvalue weighted by Crippen LogP contribution is -2.31. The van der Waals surface area contributed by atoms with E-state index in [1.54, 1.807) is 0 Å². The van der Waals surface area contributed by atoms with Crippen molar-refractivity contribution < 1.29 is 5.11 Å². The second-order valence-electron chi connectivity index (χ2n) is 5.64. The highest BCUT2D eigenvalue weighted by Crippen LogP contribution is 2.14. The summed E-state index contributed by atoms with van der Waals surface area (Å²) in [7, 11) is 0. The van der Waals surface area contributed by atoms with Crippen LogP contribution in [0.3, 0.4) is 0 Å². The fraction of sp³-hybridized carbons (Fsp3) is 0.368. The molecule has 2 heteroatoms. The van der Waals surface area contributed by atoms with Crippen LogP contribution in [-0.2, 0) is 13.1 Å². The van der Waals surface area contributed by atoms with Gasteiger partial charge >= 0.3 is 0 Å². The number of aliphatic hydroxyl groups is 1. The summed E-state index contributed by atoms with van der Waals surface area (Å²) in [6, 6.07) is 18.9. The zero-order valence-electron chi connectivity index (χ0n) is 13.0. The molecule has 2 rings (SSSR count).